The minimum atomic E-state index is -0.167. The molecule has 0 atom stereocenters. The van der Waals surface area contributed by atoms with Crippen LogP contribution in [0.3, 0.4) is 0 Å². The second-order valence-electron chi connectivity index (χ2n) is 4.61. The van der Waals surface area contributed by atoms with Gasteiger partial charge in [-0.1, -0.05) is 12.1 Å². The number of nitrogens with zero attached hydrogens (tertiary/aromatic N) is 1. The Bertz CT molecular complexity index is 369. The summed E-state index contributed by atoms with van der Waals surface area (Å²) in [6.45, 7) is -0.167. The van der Waals surface area contributed by atoms with Gasteiger partial charge in [0.25, 0.3) is 0 Å². The first kappa shape index (κ1) is 11.1. The normalized spacial score (nSPS) is 25.0. The van der Waals surface area contributed by atoms with Crippen LogP contribution in [0.2, 0.25) is 0 Å². The molecular formula is C14H16FN. The van der Waals surface area contributed by atoms with Crippen LogP contribution in [0.4, 0.5) is 4.39 Å². The SMILES string of the molecule is N#Cc1ccc([C@H]2CC[C@H](CF)CC2)cc1. The van der Waals surface area contributed by atoms with Crippen molar-refractivity contribution in [2.75, 3.05) is 6.67 Å². The third-order valence-electron chi connectivity index (χ3n) is 3.58. The average Bonchev–Trinajstić information content (AvgIpc) is 2.39. The quantitative estimate of drug-likeness (QED) is 0.739. The van der Waals surface area contributed by atoms with Gasteiger partial charge in [0, 0.05) is 0 Å². The van der Waals surface area contributed by atoms with Crippen LogP contribution in [0.1, 0.15) is 42.7 Å². The second kappa shape index (κ2) is 5.12. The van der Waals surface area contributed by atoms with Gasteiger partial charge in [0.15, 0.2) is 0 Å². The lowest BCUT2D eigenvalue weighted by Crippen LogP contribution is -2.14. The zero-order valence-electron chi connectivity index (χ0n) is 9.32. The van der Waals surface area contributed by atoms with E-state index in [4.69, 9.17) is 5.26 Å². The Labute approximate surface area is 95.9 Å². The van der Waals surface area contributed by atoms with Crippen molar-refractivity contribution >= 4 is 0 Å². The van der Waals surface area contributed by atoms with E-state index in [9.17, 15) is 4.39 Å². The molecule has 2 rings (SSSR count). The summed E-state index contributed by atoms with van der Waals surface area (Å²) in [4.78, 5) is 0. The molecule has 0 saturated heterocycles. The lowest BCUT2D eigenvalue weighted by atomic mass is 9.79. The van der Waals surface area contributed by atoms with E-state index in [1.807, 2.05) is 24.3 Å². The Kier molecular flexibility index (Phi) is 3.56. The highest BCUT2D eigenvalue weighted by Gasteiger charge is 2.21. The van der Waals surface area contributed by atoms with Gasteiger partial charge in [0.05, 0.1) is 18.3 Å². The molecule has 1 saturated carbocycles. The van der Waals surface area contributed by atoms with Crippen molar-refractivity contribution in [2.24, 2.45) is 5.92 Å². The van der Waals surface area contributed by atoms with Crippen LogP contribution >= 0.6 is 0 Å². The van der Waals surface area contributed by atoms with Crippen LogP contribution in [0.15, 0.2) is 24.3 Å². The zero-order valence-corrected chi connectivity index (χ0v) is 9.32. The van der Waals surface area contributed by atoms with Crippen LogP contribution < -0.4 is 0 Å². The molecule has 1 nitrogen and oxygen atoms in total. The maximum atomic E-state index is 12.5. The maximum Gasteiger partial charge on any atom is 0.0991 e. The highest BCUT2D eigenvalue weighted by Crippen LogP contribution is 2.35. The van der Waals surface area contributed by atoms with E-state index in [1.54, 1.807) is 0 Å². The molecule has 0 aromatic heterocycles. The largest absolute Gasteiger partial charge is 0.251 e. The Morgan fingerprint density at radius 2 is 1.75 bits per heavy atom. The summed E-state index contributed by atoms with van der Waals surface area (Å²) in [7, 11) is 0. The van der Waals surface area contributed by atoms with E-state index in [0.717, 1.165) is 25.7 Å². The van der Waals surface area contributed by atoms with Crippen LogP contribution in [0.25, 0.3) is 0 Å². The van der Waals surface area contributed by atoms with Gasteiger partial charge < -0.3 is 0 Å². The van der Waals surface area contributed by atoms with Crippen LogP contribution in [-0.4, -0.2) is 6.67 Å². The molecule has 0 amide bonds. The highest BCUT2D eigenvalue weighted by molar-refractivity contribution is 5.33. The van der Waals surface area contributed by atoms with Crippen molar-refractivity contribution in [3.8, 4) is 6.07 Å². The third-order valence-corrected chi connectivity index (χ3v) is 3.58. The minimum absolute atomic E-state index is 0.167. The van der Waals surface area contributed by atoms with Crippen molar-refractivity contribution in [1.82, 2.24) is 0 Å². The predicted molar refractivity (Wildman–Crippen MR) is 61.8 cm³/mol. The Morgan fingerprint density at radius 3 is 2.25 bits per heavy atom. The van der Waals surface area contributed by atoms with Gasteiger partial charge in [-0.15, -0.1) is 0 Å². The molecule has 16 heavy (non-hydrogen) atoms. The van der Waals surface area contributed by atoms with E-state index in [-0.39, 0.29) is 12.6 Å². The number of alkyl halides is 1. The van der Waals surface area contributed by atoms with Gasteiger partial charge in [-0.05, 0) is 55.2 Å². The number of nitriles is 1. The van der Waals surface area contributed by atoms with Crippen LogP contribution in [0.5, 0.6) is 0 Å². The van der Waals surface area contributed by atoms with E-state index >= 15 is 0 Å². The summed E-state index contributed by atoms with van der Waals surface area (Å²) >= 11 is 0. The van der Waals surface area contributed by atoms with Crippen LogP contribution in [0, 0.1) is 17.2 Å². The lowest BCUT2D eigenvalue weighted by Gasteiger charge is -2.27. The minimum Gasteiger partial charge on any atom is -0.251 e. The van der Waals surface area contributed by atoms with Gasteiger partial charge >= 0.3 is 0 Å². The van der Waals surface area contributed by atoms with Crippen LogP contribution in [-0.2, 0) is 0 Å². The van der Waals surface area contributed by atoms with E-state index in [0.29, 0.717) is 11.5 Å². The van der Waals surface area contributed by atoms with Gasteiger partial charge in [-0.3, -0.25) is 4.39 Å². The first-order valence-corrected chi connectivity index (χ1v) is 5.89. The smallest absolute Gasteiger partial charge is 0.0991 e. The first-order valence-electron chi connectivity index (χ1n) is 5.89. The number of benzene rings is 1. The number of halogens is 1. The molecule has 0 unspecified atom stereocenters. The summed E-state index contributed by atoms with van der Waals surface area (Å²) in [5, 5.41) is 8.71. The summed E-state index contributed by atoms with van der Waals surface area (Å²) < 4.78 is 12.5. The van der Waals surface area contributed by atoms with E-state index in [1.165, 1.54) is 5.56 Å². The van der Waals surface area contributed by atoms with E-state index < -0.39 is 0 Å². The Hall–Kier alpha value is -1.36. The highest BCUT2D eigenvalue weighted by atomic mass is 19.1. The molecule has 1 aromatic rings. The maximum absolute atomic E-state index is 12.5. The van der Waals surface area contributed by atoms with Crippen molar-refractivity contribution in [2.45, 2.75) is 31.6 Å². The standard InChI is InChI=1S/C14H16FN/c15-9-11-1-5-13(6-2-11)14-7-3-12(10-16)4-8-14/h3-4,7-8,11,13H,1-2,5-6,9H2/t11-,13-. The fourth-order valence-corrected chi connectivity index (χ4v) is 2.48. The van der Waals surface area contributed by atoms with Gasteiger partial charge in [0.2, 0.25) is 0 Å². The molecular weight excluding hydrogens is 201 g/mol. The summed E-state index contributed by atoms with van der Waals surface area (Å²) in [5.74, 6) is 0.852. The molecule has 0 heterocycles. The average molecular weight is 217 g/mol. The molecule has 84 valence electrons. The first-order chi connectivity index (χ1) is 7.83. The number of hydrogen-bond donors (Lipinski definition) is 0. The number of hydrogen-bond acceptors (Lipinski definition) is 1. The van der Waals surface area contributed by atoms with Crippen molar-refractivity contribution in [1.29, 1.82) is 5.26 Å². The number of rotatable bonds is 2. The predicted octanol–water partition coefficient (Wildman–Crippen LogP) is 3.80. The Balaban J connectivity index is 2.00. The molecule has 0 bridgehead atoms. The van der Waals surface area contributed by atoms with Crippen molar-refractivity contribution in [3.05, 3.63) is 35.4 Å². The molecule has 1 aliphatic rings. The topological polar surface area (TPSA) is 23.8 Å². The van der Waals surface area contributed by atoms with Gasteiger partial charge in [-0.25, -0.2) is 0 Å². The van der Waals surface area contributed by atoms with E-state index in [2.05, 4.69) is 6.07 Å². The fourth-order valence-electron chi connectivity index (χ4n) is 2.48. The summed E-state index contributed by atoms with van der Waals surface area (Å²) in [5.41, 5.74) is 2.01. The molecule has 0 aliphatic heterocycles. The lowest BCUT2D eigenvalue weighted by molar-refractivity contribution is 0.263. The monoisotopic (exact) mass is 217 g/mol. The second-order valence-corrected chi connectivity index (χ2v) is 4.61. The molecule has 1 fully saturated rings. The molecule has 0 radical (unpaired) electrons. The van der Waals surface area contributed by atoms with Gasteiger partial charge in [0.1, 0.15) is 0 Å². The Morgan fingerprint density at radius 1 is 1.12 bits per heavy atom. The molecule has 2 heteroatoms. The molecule has 1 aliphatic carbocycles. The zero-order chi connectivity index (χ0) is 11.4. The summed E-state index contributed by atoms with van der Waals surface area (Å²) in [6.07, 6.45) is 4.17. The molecule has 1 aromatic carbocycles. The third kappa shape index (κ3) is 2.41. The van der Waals surface area contributed by atoms with Crippen molar-refractivity contribution < 1.29 is 4.39 Å². The van der Waals surface area contributed by atoms with Gasteiger partial charge in [-0.2, -0.15) is 5.26 Å². The fraction of sp³-hybridized carbons (Fsp3) is 0.500. The summed E-state index contributed by atoms with van der Waals surface area (Å²) in [6, 6.07) is 9.95. The molecule has 0 N–H and O–H groups in total. The van der Waals surface area contributed by atoms with Crippen molar-refractivity contribution in [3.63, 3.8) is 0 Å². The molecule has 0 spiro atoms.